The lowest BCUT2D eigenvalue weighted by Crippen LogP contribution is -2.37. The molecule has 1 unspecified atom stereocenters. The Bertz CT molecular complexity index is 299. The Balaban J connectivity index is 2.29. The van der Waals surface area contributed by atoms with Crippen LogP contribution in [0, 0.1) is 0 Å². The first-order valence-corrected chi connectivity index (χ1v) is 6.45. The highest BCUT2D eigenvalue weighted by atomic mass is 16.5. The third-order valence-electron chi connectivity index (χ3n) is 2.61. The molecule has 0 heterocycles. The summed E-state index contributed by atoms with van der Waals surface area (Å²) in [4.78, 5) is 2.04. The molecule has 18 heavy (non-hydrogen) atoms. The molecular formula is C14H23NO3. The predicted octanol–water partition coefficient (Wildman–Crippen LogP) is 1.13. The average Bonchev–Trinajstić information content (AvgIpc) is 2.38. The van der Waals surface area contributed by atoms with Crippen LogP contribution in [-0.2, 0) is 0 Å². The first-order chi connectivity index (χ1) is 8.76. The maximum atomic E-state index is 9.89. The second-order valence-corrected chi connectivity index (χ2v) is 4.30. The third kappa shape index (κ3) is 6.00. The summed E-state index contributed by atoms with van der Waals surface area (Å²) in [6.07, 6.45) is 0.468. The predicted molar refractivity (Wildman–Crippen MR) is 71.8 cm³/mol. The largest absolute Gasteiger partial charge is 0.491 e. The van der Waals surface area contributed by atoms with E-state index in [-0.39, 0.29) is 13.2 Å². The second kappa shape index (κ2) is 8.91. The highest BCUT2D eigenvalue weighted by Crippen LogP contribution is 2.08. The summed E-state index contributed by atoms with van der Waals surface area (Å²) in [5.74, 6) is 0.765. The van der Waals surface area contributed by atoms with Gasteiger partial charge in [0, 0.05) is 13.1 Å². The molecule has 0 aliphatic rings. The molecule has 102 valence electrons. The van der Waals surface area contributed by atoms with E-state index in [2.05, 4.69) is 6.92 Å². The van der Waals surface area contributed by atoms with E-state index in [9.17, 15) is 5.11 Å². The smallest absolute Gasteiger partial charge is 0.119 e. The van der Waals surface area contributed by atoms with Crippen molar-refractivity contribution in [1.29, 1.82) is 0 Å². The molecule has 0 amide bonds. The Labute approximate surface area is 109 Å². The summed E-state index contributed by atoms with van der Waals surface area (Å²) in [6, 6.07) is 9.45. The Hall–Kier alpha value is -1.10. The van der Waals surface area contributed by atoms with Gasteiger partial charge in [-0.3, -0.25) is 4.90 Å². The maximum absolute atomic E-state index is 9.89. The first kappa shape index (κ1) is 15.0. The number of rotatable bonds is 9. The van der Waals surface area contributed by atoms with Crippen LogP contribution in [0.15, 0.2) is 30.3 Å². The topological polar surface area (TPSA) is 52.9 Å². The number of ether oxygens (including phenoxy) is 1. The van der Waals surface area contributed by atoms with Crippen LogP contribution in [0.2, 0.25) is 0 Å². The normalized spacial score (nSPS) is 12.7. The van der Waals surface area contributed by atoms with Crippen molar-refractivity contribution in [3.8, 4) is 5.75 Å². The summed E-state index contributed by atoms with van der Waals surface area (Å²) in [5.41, 5.74) is 0. The lowest BCUT2D eigenvalue weighted by atomic mass is 10.3. The number of aliphatic hydroxyl groups excluding tert-OH is 2. The van der Waals surface area contributed by atoms with Gasteiger partial charge in [0.05, 0.1) is 6.61 Å². The summed E-state index contributed by atoms with van der Waals surface area (Å²) in [5, 5.41) is 18.8. The van der Waals surface area contributed by atoms with Crippen molar-refractivity contribution in [3.63, 3.8) is 0 Å². The monoisotopic (exact) mass is 253 g/mol. The minimum Gasteiger partial charge on any atom is -0.491 e. The first-order valence-electron chi connectivity index (χ1n) is 6.45. The van der Waals surface area contributed by atoms with E-state index in [0.717, 1.165) is 18.7 Å². The zero-order valence-electron chi connectivity index (χ0n) is 11.0. The fourth-order valence-electron chi connectivity index (χ4n) is 1.81. The Morgan fingerprint density at radius 3 is 2.56 bits per heavy atom. The molecule has 1 rings (SSSR count). The molecule has 0 radical (unpaired) electrons. The number of aliphatic hydroxyl groups is 2. The molecule has 0 bridgehead atoms. The number of hydrogen-bond acceptors (Lipinski definition) is 4. The van der Waals surface area contributed by atoms with Crippen LogP contribution in [0.4, 0.5) is 0 Å². The molecule has 2 N–H and O–H groups in total. The quantitative estimate of drug-likeness (QED) is 0.693. The van der Waals surface area contributed by atoms with Crippen molar-refractivity contribution in [2.75, 3.05) is 32.8 Å². The Morgan fingerprint density at radius 1 is 1.22 bits per heavy atom. The van der Waals surface area contributed by atoms with Gasteiger partial charge in [0.25, 0.3) is 0 Å². The summed E-state index contributed by atoms with van der Waals surface area (Å²) in [7, 11) is 0. The van der Waals surface area contributed by atoms with Gasteiger partial charge in [-0.25, -0.2) is 0 Å². The molecule has 0 spiro atoms. The standard InChI is InChI=1S/C14H23NO3/c1-2-8-15(9-10-16)11-13(17)12-18-14-6-4-3-5-7-14/h3-7,13,16-17H,2,8-12H2,1H3. The van der Waals surface area contributed by atoms with Crippen molar-refractivity contribution < 1.29 is 14.9 Å². The van der Waals surface area contributed by atoms with Gasteiger partial charge in [-0.15, -0.1) is 0 Å². The van der Waals surface area contributed by atoms with Gasteiger partial charge >= 0.3 is 0 Å². The Kier molecular flexibility index (Phi) is 7.41. The molecule has 0 saturated carbocycles. The average molecular weight is 253 g/mol. The minimum atomic E-state index is -0.539. The molecule has 0 aliphatic heterocycles. The fraction of sp³-hybridized carbons (Fsp3) is 0.571. The third-order valence-corrected chi connectivity index (χ3v) is 2.61. The number of benzene rings is 1. The lowest BCUT2D eigenvalue weighted by molar-refractivity contribution is 0.0619. The number of nitrogens with zero attached hydrogens (tertiary/aromatic N) is 1. The van der Waals surface area contributed by atoms with Gasteiger partial charge in [0.15, 0.2) is 0 Å². The summed E-state index contributed by atoms with van der Waals surface area (Å²) in [6.45, 7) is 4.47. The highest BCUT2D eigenvalue weighted by Gasteiger charge is 2.11. The van der Waals surface area contributed by atoms with E-state index >= 15 is 0 Å². The van der Waals surface area contributed by atoms with Crippen molar-refractivity contribution in [2.45, 2.75) is 19.4 Å². The van der Waals surface area contributed by atoms with Crippen LogP contribution >= 0.6 is 0 Å². The maximum Gasteiger partial charge on any atom is 0.119 e. The van der Waals surface area contributed by atoms with Gasteiger partial charge in [-0.2, -0.15) is 0 Å². The van der Waals surface area contributed by atoms with E-state index in [1.54, 1.807) is 0 Å². The molecule has 1 aromatic rings. The molecule has 1 aromatic carbocycles. The number of hydrogen-bond donors (Lipinski definition) is 2. The van der Waals surface area contributed by atoms with E-state index < -0.39 is 6.10 Å². The second-order valence-electron chi connectivity index (χ2n) is 4.30. The SMILES string of the molecule is CCCN(CCO)CC(O)COc1ccccc1. The molecule has 1 atom stereocenters. The molecule has 0 fully saturated rings. The van der Waals surface area contributed by atoms with Gasteiger partial charge in [-0.05, 0) is 25.1 Å². The molecule has 4 nitrogen and oxygen atoms in total. The molecular weight excluding hydrogens is 230 g/mol. The molecule has 4 heteroatoms. The van der Waals surface area contributed by atoms with Crippen molar-refractivity contribution >= 4 is 0 Å². The van der Waals surface area contributed by atoms with Crippen LogP contribution in [0.25, 0.3) is 0 Å². The van der Waals surface area contributed by atoms with E-state index in [0.29, 0.717) is 13.1 Å². The summed E-state index contributed by atoms with van der Waals surface area (Å²) >= 11 is 0. The van der Waals surface area contributed by atoms with Crippen LogP contribution in [0.1, 0.15) is 13.3 Å². The van der Waals surface area contributed by atoms with Gasteiger partial charge in [-0.1, -0.05) is 25.1 Å². The minimum absolute atomic E-state index is 0.117. The van der Waals surface area contributed by atoms with Crippen molar-refractivity contribution in [3.05, 3.63) is 30.3 Å². The van der Waals surface area contributed by atoms with Crippen LogP contribution in [0.5, 0.6) is 5.75 Å². The van der Waals surface area contributed by atoms with Gasteiger partial charge in [0.1, 0.15) is 18.5 Å². The lowest BCUT2D eigenvalue weighted by Gasteiger charge is -2.23. The summed E-state index contributed by atoms with van der Waals surface area (Å²) < 4.78 is 5.49. The van der Waals surface area contributed by atoms with Gasteiger partial charge in [0.2, 0.25) is 0 Å². The van der Waals surface area contributed by atoms with Crippen molar-refractivity contribution in [2.24, 2.45) is 0 Å². The molecule has 0 saturated heterocycles. The molecule has 0 aliphatic carbocycles. The fourth-order valence-corrected chi connectivity index (χ4v) is 1.81. The number of para-hydroxylation sites is 1. The van der Waals surface area contributed by atoms with E-state index in [1.165, 1.54) is 0 Å². The zero-order valence-corrected chi connectivity index (χ0v) is 11.0. The highest BCUT2D eigenvalue weighted by molar-refractivity contribution is 5.20. The van der Waals surface area contributed by atoms with Gasteiger partial charge < -0.3 is 14.9 Å². The Morgan fingerprint density at radius 2 is 1.94 bits per heavy atom. The zero-order chi connectivity index (χ0) is 13.2. The van der Waals surface area contributed by atoms with Crippen LogP contribution in [0.3, 0.4) is 0 Å². The van der Waals surface area contributed by atoms with E-state index in [4.69, 9.17) is 9.84 Å². The van der Waals surface area contributed by atoms with Crippen LogP contribution in [-0.4, -0.2) is 54.1 Å². The van der Waals surface area contributed by atoms with E-state index in [1.807, 2.05) is 35.2 Å². The van der Waals surface area contributed by atoms with Crippen molar-refractivity contribution in [1.82, 2.24) is 4.90 Å². The molecule has 0 aromatic heterocycles. The van der Waals surface area contributed by atoms with Crippen LogP contribution < -0.4 is 4.74 Å².